The molecule has 1 atom stereocenters. The Labute approximate surface area is 411 Å². The first kappa shape index (κ1) is 137. The van der Waals surface area contributed by atoms with Crippen LogP contribution >= 0.6 is 0 Å². The molecule has 0 saturated carbocycles. The van der Waals surface area contributed by atoms with Gasteiger partial charge in [-0.1, -0.05) is 184 Å². The van der Waals surface area contributed by atoms with Crippen LogP contribution in [0.25, 0.3) is 0 Å². The third kappa shape index (κ3) is 1490. The van der Waals surface area contributed by atoms with Crippen LogP contribution in [0.15, 0.2) is 37.5 Å². The third-order valence-electron chi connectivity index (χ3n) is 2.85. The molecule has 0 spiro atoms. The number of rotatable bonds is 8. The molecule has 1 fully saturated rings. The van der Waals surface area contributed by atoms with Crippen molar-refractivity contribution < 1.29 is 37.9 Å². The largest absolute Gasteiger partial charge is 0.388 e. The molecule has 1 unspecified atom stereocenters. The molecular formula is C55H146O8. The third-order valence-corrected chi connectivity index (χ3v) is 2.85. The lowest BCUT2D eigenvalue weighted by Crippen LogP contribution is -1.84. The fourth-order valence-corrected chi connectivity index (χ4v) is 0.523. The minimum absolute atomic E-state index is 0. The van der Waals surface area contributed by atoms with Crippen LogP contribution in [-0.4, -0.2) is 109 Å². The van der Waals surface area contributed by atoms with E-state index in [4.69, 9.17) is 9.47 Å². The van der Waals surface area contributed by atoms with Gasteiger partial charge in [0.15, 0.2) is 0 Å². The topological polar surface area (TPSA) is 77.1 Å². The van der Waals surface area contributed by atoms with E-state index in [0.29, 0.717) is 6.10 Å². The Bertz CT molecular complexity index is 272. The average molecular weight is 936 g/mol. The van der Waals surface area contributed by atoms with Crippen LogP contribution < -0.4 is 0 Å². The quantitative estimate of drug-likeness (QED) is 0.135. The van der Waals surface area contributed by atoms with Crippen LogP contribution in [0.2, 0.25) is 0 Å². The normalized spacial score (nSPS) is 8.08. The first-order valence-corrected chi connectivity index (χ1v) is 25.0. The van der Waals surface area contributed by atoms with Gasteiger partial charge in [-0.3, -0.25) is 0 Å². The Hall–Kier alpha value is -1.10. The molecule has 1 aliphatic heterocycles. The minimum Gasteiger partial charge on any atom is -0.388 e. The highest BCUT2D eigenvalue weighted by Gasteiger charge is 2.13. The average Bonchev–Trinajstić information content (AvgIpc) is 4.20. The predicted octanol–water partition coefficient (Wildman–Crippen LogP) is 19.8. The number of ether oxygens (including phenoxy) is 8. The van der Waals surface area contributed by atoms with Gasteiger partial charge in [0.1, 0.15) is 0 Å². The molecule has 8 heteroatoms. The molecule has 0 aromatic carbocycles. The van der Waals surface area contributed by atoms with Gasteiger partial charge in [0.25, 0.3) is 0 Å². The van der Waals surface area contributed by atoms with Gasteiger partial charge in [0.2, 0.25) is 0 Å². The van der Waals surface area contributed by atoms with E-state index in [9.17, 15) is 0 Å². The molecule has 0 aromatic rings. The SMILES string of the molecule is C.C/C=C/C=C/C.C=C.CC.CC.CC.CC.CC.CC.CC.CC.CC.CC.CC.CC1CO1.CCOC.CCOC.CCOC.CCOC.CCOC.CCOCC.COC. The zero-order valence-corrected chi connectivity index (χ0v) is 52.2. The van der Waals surface area contributed by atoms with Crippen LogP contribution in [0.1, 0.15) is 229 Å². The van der Waals surface area contributed by atoms with Gasteiger partial charge >= 0.3 is 0 Å². The van der Waals surface area contributed by atoms with Crippen LogP contribution in [0.4, 0.5) is 0 Å². The highest BCUT2D eigenvalue weighted by atomic mass is 16.6. The first-order chi connectivity index (χ1) is 30.2. The van der Waals surface area contributed by atoms with Gasteiger partial charge < -0.3 is 37.9 Å². The Kier molecular flexibility index (Phi) is 992. The number of hydrogen-bond acceptors (Lipinski definition) is 8. The minimum atomic E-state index is 0. The number of allylic oxidation sites excluding steroid dienone is 4. The maximum atomic E-state index is 4.83. The summed E-state index contributed by atoms with van der Waals surface area (Å²) >= 11 is 0. The van der Waals surface area contributed by atoms with Crippen molar-refractivity contribution in [3.63, 3.8) is 0 Å². The molecule has 0 aliphatic carbocycles. The Morgan fingerprint density at radius 2 is 0.476 bits per heavy atom. The zero-order chi connectivity index (χ0) is 55.7. The van der Waals surface area contributed by atoms with E-state index in [0.717, 1.165) is 52.9 Å². The van der Waals surface area contributed by atoms with Gasteiger partial charge in [-0.15, -0.1) is 13.2 Å². The summed E-state index contributed by atoms with van der Waals surface area (Å²) in [6.07, 6.45) is 8.58. The Morgan fingerprint density at radius 1 is 0.381 bits per heavy atom. The summed E-state index contributed by atoms with van der Waals surface area (Å²) in [7, 11) is 11.7. The maximum absolute atomic E-state index is 4.83. The highest BCUT2D eigenvalue weighted by Crippen LogP contribution is 2.04. The summed E-state index contributed by atoms with van der Waals surface area (Å²) in [5.41, 5.74) is 0. The molecule has 8 nitrogen and oxygen atoms in total. The second-order valence-corrected chi connectivity index (χ2v) is 6.27. The van der Waals surface area contributed by atoms with E-state index >= 15 is 0 Å². The van der Waals surface area contributed by atoms with E-state index in [1.54, 1.807) is 49.8 Å². The first-order valence-electron chi connectivity index (χ1n) is 25.0. The smallest absolute Gasteiger partial charge is 0.0781 e. The second kappa shape index (κ2) is 456. The predicted molar refractivity (Wildman–Crippen MR) is 311 cm³/mol. The van der Waals surface area contributed by atoms with Crippen molar-refractivity contribution in [2.24, 2.45) is 0 Å². The molecule has 1 aliphatic rings. The molecule has 0 amide bonds. The fourth-order valence-electron chi connectivity index (χ4n) is 0.523. The van der Waals surface area contributed by atoms with Crippen molar-refractivity contribution >= 4 is 0 Å². The molecular weight excluding hydrogens is 789 g/mol. The molecule has 0 N–H and O–H groups in total. The van der Waals surface area contributed by atoms with Gasteiger partial charge in [-0.25, -0.2) is 0 Å². The summed E-state index contributed by atoms with van der Waals surface area (Å²) in [5, 5.41) is 0. The zero-order valence-electron chi connectivity index (χ0n) is 52.2. The molecule has 0 aromatic heterocycles. The summed E-state index contributed by atoms with van der Waals surface area (Å²) in [6.45, 7) is 76.6. The summed E-state index contributed by atoms with van der Waals surface area (Å²) in [4.78, 5) is 0. The monoisotopic (exact) mass is 935 g/mol. The molecule has 0 bridgehead atoms. The van der Waals surface area contributed by atoms with E-state index in [1.807, 2.05) is 239 Å². The summed E-state index contributed by atoms with van der Waals surface area (Å²) in [6, 6.07) is 0. The maximum Gasteiger partial charge on any atom is 0.0781 e. The van der Waals surface area contributed by atoms with Gasteiger partial charge in [-0.05, 0) is 69.2 Å². The molecule has 1 saturated heterocycles. The lowest BCUT2D eigenvalue weighted by Gasteiger charge is -1.86. The van der Waals surface area contributed by atoms with Crippen molar-refractivity contribution in [1.82, 2.24) is 0 Å². The van der Waals surface area contributed by atoms with Gasteiger partial charge in [0.05, 0.1) is 12.7 Å². The standard InChI is InChI=1S/C6H10.C4H10O.C3H6O.5C3H8O.C2H6O.11C2H6.C2H4.CH4/c1-3-5-6-4-2;1-3-5-4-2;1-3-2-4-3;5*1-3-4-2;1-3-2;12*1-2;/h3-6H,1-2H3;3-4H2,1-2H3;3H,2H2,1H3;5*3H2,1-2H3;1-2H3;11*1-2H3;1-2H2;1H4/b5-3+,6-4+;;;;;;;;;;;;;;;;;;;;;. The van der Waals surface area contributed by atoms with E-state index in [2.05, 4.69) is 48.5 Å². The Balaban J connectivity index is -0.0000000157. The van der Waals surface area contributed by atoms with Crippen LogP contribution in [0, 0.1) is 0 Å². The van der Waals surface area contributed by atoms with Crippen molar-refractivity contribution in [3.05, 3.63) is 37.5 Å². The van der Waals surface area contributed by atoms with Crippen LogP contribution in [0.5, 0.6) is 0 Å². The Morgan fingerprint density at radius 3 is 0.492 bits per heavy atom. The second-order valence-electron chi connectivity index (χ2n) is 6.27. The van der Waals surface area contributed by atoms with Crippen molar-refractivity contribution in [2.75, 3.05) is 103 Å². The van der Waals surface area contributed by atoms with Gasteiger partial charge in [-0.2, -0.15) is 0 Å². The summed E-state index contributed by atoms with van der Waals surface area (Å²) in [5.74, 6) is 0. The van der Waals surface area contributed by atoms with E-state index in [1.165, 1.54) is 0 Å². The number of epoxide rings is 1. The van der Waals surface area contributed by atoms with Crippen LogP contribution in [0.3, 0.4) is 0 Å². The highest BCUT2D eigenvalue weighted by molar-refractivity contribution is 4.98. The lowest BCUT2D eigenvalue weighted by molar-refractivity contribution is 0.162. The van der Waals surface area contributed by atoms with Gasteiger partial charge in [0, 0.05) is 96.0 Å². The molecule has 1 heterocycles. The number of hydrogen-bond donors (Lipinski definition) is 0. The molecule has 0 radical (unpaired) electrons. The molecule has 63 heavy (non-hydrogen) atoms. The van der Waals surface area contributed by atoms with Crippen LogP contribution in [-0.2, 0) is 37.9 Å². The molecule has 1 rings (SSSR count). The van der Waals surface area contributed by atoms with Crippen molar-refractivity contribution in [2.45, 2.75) is 235 Å². The van der Waals surface area contributed by atoms with Crippen molar-refractivity contribution in [1.29, 1.82) is 0 Å². The molecule has 414 valence electrons. The van der Waals surface area contributed by atoms with E-state index < -0.39 is 0 Å². The van der Waals surface area contributed by atoms with E-state index in [-0.39, 0.29) is 7.43 Å². The lowest BCUT2D eigenvalue weighted by atomic mass is 10.5. The van der Waals surface area contributed by atoms with Crippen molar-refractivity contribution in [3.8, 4) is 0 Å². The fraction of sp³-hybridized carbons (Fsp3) is 0.891. The summed E-state index contributed by atoms with van der Waals surface area (Å²) < 4.78 is 36.5. The number of methoxy groups -OCH3 is 6.